The molecule has 1 unspecified atom stereocenters. The van der Waals surface area contributed by atoms with Crippen molar-refractivity contribution < 1.29 is 28.6 Å². The van der Waals surface area contributed by atoms with Crippen LogP contribution in [0.3, 0.4) is 0 Å². The molecule has 0 amide bonds. The molecule has 0 bridgehead atoms. The molecule has 0 saturated heterocycles. The van der Waals surface area contributed by atoms with Gasteiger partial charge in [0.15, 0.2) is 6.10 Å². The van der Waals surface area contributed by atoms with E-state index in [2.05, 4.69) is 57.2 Å². The Morgan fingerprint density at radius 1 is 0.364 bits per heavy atom. The number of ether oxygens (including phenoxy) is 3. The number of allylic oxidation sites excluding steroid dienone is 6. The van der Waals surface area contributed by atoms with Crippen molar-refractivity contribution in [1.29, 1.82) is 0 Å². The van der Waals surface area contributed by atoms with Gasteiger partial charge in [0, 0.05) is 19.3 Å². The van der Waals surface area contributed by atoms with E-state index in [0.29, 0.717) is 19.3 Å². The van der Waals surface area contributed by atoms with Crippen LogP contribution in [0.15, 0.2) is 36.5 Å². The van der Waals surface area contributed by atoms with Gasteiger partial charge in [-0.05, 0) is 57.8 Å². The second kappa shape index (κ2) is 44.3. The van der Waals surface area contributed by atoms with Gasteiger partial charge in [0.05, 0.1) is 0 Å². The molecule has 1 atom stereocenters. The van der Waals surface area contributed by atoms with E-state index in [1.165, 1.54) is 122 Å². The maximum Gasteiger partial charge on any atom is 0.306 e. The van der Waals surface area contributed by atoms with Crippen LogP contribution in [0.5, 0.6) is 0 Å². The van der Waals surface area contributed by atoms with E-state index in [4.69, 9.17) is 14.2 Å². The van der Waals surface area contributed by atoms with Crippen LogP contribution in [0.4, 0.5) is 0 Å². The second-order valence-electron chi connectivity index (χ2n) is 15.7. The number of hydrogen-bond acceptors (Lipinski definition) is 6. The van der Waals surface area contributed by atoms with Gasteiger partial charge in [0.2, 0.25) is 0 Å². The SMILES string of the molecule is CCCCCCC/C=C\C/C=C\C/C=C\CCCCCCCCC(=O)OCC(COC(=O)CCCCCCCC)OC(=O)CCCCCCCCCCCC. The van der Waals surface area contributed by atoms with Crippen molar-refractivity contribution in [2.75, 3.05) is 13.2 Å². The molecule has 6 heteroatoms. The van der Waals surface area contributed by atoms with E-state index in [9.17, 15) is 14.4 Å². The van der Waals surface area contributed by atoms with Gasteiger partial charge in [-0.3, -0.25) is 14.4 Å². The Hall–Kier alpha value is -2.37. The van der Waals surface area contributed by atoms with E-state index in [-0.39, 0.29) is 31.1 Å². The zero-order valence-corrected chi connectivity index (χ0v) is 36.4. The van der Waals surface area contributed by atoms with Crippen molar-refractivity contribution >= 4 is 17.9 Å². The van der Waals surface area contributed by atoms with E-state index in [0.717, 1.165) is 77.0 Å². The molecule has 0 aliphatic rings. The zero-order valence-electron chi connectivity index (χ0n) is 36.4. The van der Waals surface area contributed by atoms with Crippen molar-refractivity contribution in [1.82, 2.24) is 0 Å². The van der Waals surface area contributed by atoms with E-state index in [1.54, 1.807) is 0 Å². The largest absolute Gasteiger partial charge is 0.462 e. The van der Waals surface area contributed by atoms with Crippen LogP contribution in [-0.2, 0) is 28.6 Å². The Kier molecular flexibility index (Phi) is 42.4. The average molecular weight is 773 g/mol. The van der Waals surface area contributed by atoms with E-state index >= 15 is 0 Å². The minimum Gasteiger partial charge on any atom is -0.462 e. The first-order valence-corrected chi connectivity index (χ1v) is 23.5. The topological polar surface area (TPSA) is 78.9 Å². The summed E-state index contributed by atoms with van der Waals surface area (Å²) in [5.74, 6) is -0.896. The first-order valence-electron chi connectivity index (χ1n) is 23.5. The van der Waals surface area contributed by atoms with Crippen molar-refractivity contribution in [3.8, 4) is 0 Å². The minimum absolute atomic E-state index is 0.0748. The smallest absolute Gasteiger partial charge is 0.306 e. The summed E-state index contributed by atoms with van der Waals surface area (Å²) in [6.45, 7) is 6.54. The van der Waals surface area contributed by atoms with Crippen molar-refractivity contribution in [2.24, 2.45) is 0 Å². The normalized spacial score (nSPS) is 12.3. The lowest BCUT2D eigenvalue weighted by Gasteiger charge is -2.18. The molecule has 320 valence electrons. The van der Waals surface area contributed by atoms with Gasteiger partial charge >= 0.3 is 17.9 Å². The third-order valence-electron chi connectivity index (χ3n) is 10.1. The molecule has 0 aromatic heterocycles. The maximum absolute atomic E-state index is 12.6. The number of rotatable bonds is 42. The molecule has 6 nitrogen and oxygen atoms in total. The molecule has 0 saturated carbocycles. The summed E-state index contributed by atoms with van der Waals surface area (Å²) in [6.07, 6.45) is 50.1. The predicted molar refractivity (Wildman–Crippen MR) is 233 cm³/mol. The van der Waals surface area contributed by atoms with Gasteiger partial charge in [-0.15, -0.1) is 0 Å². The molecule has 0 aliphatic heterocycles. The predicted octanol–water partition coefficient (Wildman–Crippen LogP) is 15.0. The van der Waals surface area contributed by atoms with Crippen LogP contribution in [0.2, 0.25) is 0 Å². The van der Waals surface area contributed by atoms with E-state index in [1.807, 2.05) is 0 Å². The lowest BCUT2D eigenvalue weighted by atomic mass is 10.1. The first kappa shape index (κ1) is 52.6. The summed E-state index contributed by atoms with van der Waals surface area (Å²) in [7, 11) is 0. The molecule has 0 aliphatic carbocycles. The lowest BCUT2D eigenvalue weighted by Crippen LogP contribution is -2.30. The third kappa shape index (κ3) is 42.6. The number of hydrogen-bond donors (Lipinski definition) is 0. The summed E-state index contributed by atoms with van der Waals surface area (Å²) in [5, 5.41) is 0. The van der Waals surface area contributed by atoms with Crippen LogP contribution in [0, 0.1) is 0 Å². The average Bonchev–Trinajstić information content (AvgIpc) is 3.18. The molecule has 0 aromatic rings. The third-order valence-corrected chi connectivity index (χ3v) is 10.1. The van der Waals surface area contributed by atoms with Crippen LogP contribution < -0.4 is 0 Å². The van der Waals surface area contributed by atoms with Gasteiger partial charge in [-0.2, -0.15) is 0 Å². The molecule has 0 aromatic carbocycles. The van der Waals surface area contributed by atoms with Gasteiger partial charge in [-0.1, -0.05) is 198 Å². The Labute approximate surface area is 340 Å². The number of esters is 3. The highest BCUT2D eigenvalue weighted by atomic mass is 16.6. The van der Waals surface area contributed by atoms with Crippen LogP contribution in [-0.4, -0.2) is 37.2 Å². The van der Waals surface area contributed by atoms with Crippen molar-refractivity contribution in [2.45, 2.75) is 245 Å². The summed E-state index contributed by atoms with van der Waals surface area (Å²) in [5.41, 5.74) is 0. The highest BCUT2D eigenvalue weighted by Gasteiger charge is 2.19. The van der Waals surface area contributed by atoms with Gasteiger partial charge in [0.1, 0.15) is 13.2 Å². The number of carbonyl (C=O) groups excluding carboxylic acids is 3. The highest BCUT2D eigenvalue weighted by molar-refractivity contribution is 5.71. The molecule has 0 spiro atoms. The standard InChI is InChI=1S/C49H88O6/c1-4-7-10-13-16-18-20-21-22-23-24-25-26-27-28-29-30-32-33-36-39-42-48(51)54-45-46(44-53-47(50)41-38-35-15-12-9-6-3)55-49(52)43-40-37-34-31-19-17-14-11-8-5-2/h20-21,23-24,26-27,46H,4-19,22,25,28-45H2,1-3H3/b21-20-,24-23-,27-26-. The molecule has 0 rings (SSSR count). The van der Waals surface area contributed by atoms with E-state index < -0.39 is 6.10 Å². The van der Waals surface area contributed by atoms with Crippen LogP contribution in [0.1, 0.15) is 239 Å². The Morgan fingerprint density at radius 3 is 1.02 bits per heavy atom. The van der Waals surface area contributed by atoms with Gasteiger partial charge in [0.25, 0.3) is 0 Å². The summed E-state index contributed by atoms with van der Waals surface area (Å²) in [6, 6.07) is 0. The summed E-state index contributed by atoms with van der Waals surface area (Å²) >= 11 is 0. The number of carbonyl (C=O) groups is 3. The highest BCUT2D eigenvalue weighted by Crippen LogP contribution is 2.14. The molecule has 0 fully saturated rings. The molecule has 55 heavy (non-hydrogen) atoms. The van der Waals surface area contributed by atoms with Crippen LogP contribution in [0.25, 0.3) is 0 Å². The van der Waals surface area contributed by atoms with Crippen LogP contribution >= 0.6 is 0 Å². The van der Waals surface area contributed by atoms with Crippen molar-refractivity contribution in [3.63, 3.8) is 0 Å². The van der Waals surface area contributed by atoms with Crippen molar-refractivity contribution in [3.05, 3.63) is 36.5 Å². The fourth-order valence-corrected chi connectivity index (χ4v) is 6.57. The molecule has 0 radical (unpaired) electrons. The Bertz CT molecular complexity index is 938. The Balaban J connectivity index is 4.19. The monoisotopic (exact) mass is 773 g/mol. The maximum atomic E-state index is 12.6. The molecule has 0 heterocycles. The second-order valence-corrected chi connectivity index (χ2v) is 15.7. The van der Waals surface area contributed by atoms with Gasteiger partial charge in [-0.25, -0.2) is 0 Å². The molecular weight excluding hydrogens is 685 g/mol. The zero-order chi connectivity index (χ0) is 40.1. The fourth-order valence-electron chi connectivity index (χ4n) is 6.57. The fraction of sp³-hybridized carbons (Fsp3) is 0.816. The summed E-state index contributed by atoms with van der Waals surface area (Å²) in [4.78, 5) is 37.5. The number of unbranched alkanes of at least 4 members (excludes halogenated alkanes) is 25. The lowest BCUT2D eigenvalue weighted by molar-refractivity contribution is -0.167. The van der Waals surface area contributed by atoms with Gasteiger partial charge < -0.3 is 14.2 Å². The Morgan fingerprint density at radius 2 is 0.655 bits per heavy atom. The first-order chi connectivity index (χ1) is 27.0. The minimum atomic E-state index is -0.769. The quantitative estimate of drug-likeness (QED) is 0.0266. The molecule has 0 N–H and O–H groups in total. The summed E-state index contributed by atoms with van der Waals surface area (Å²) < 4.78 is 16.6. The molecular formula is C49H88O6.